The molecule has 1 unspecified atom stereocenters. The lowest BCUT2D eigenvalue weighted by Gasteiger charge is -2.18. The van der Waals surface area contributed by atoms with Crippen LogP contribution in [0.5, 0.6) is 0 Å². The van der Waals surface area contributed by atoms with Crippen LogP contribution >= 0.6 is 0 Å². The van der Waals surface area contributed by atoms with Crippen LogP contribution in [0, 0.1) is 0 Å². The molecule has 0 saturated carbocycles. The largest absolute Gasteiger partial charge is 0.382 e. The van der Waals surface area contributed by atoms with Crippen LogP contribution in [0.1, 0.15) is 51.2 Å². The van der Waals surface area contributed by atoms with E-state index in [9.17, 15) is 0 Å². The molecular weight excluding hydrogens is 218 g/mol. The number of nitrogens with two attached hydrogens (primary N) is 1. The van der Waals surface area contributed by atoms with Crippen LogP contribution in [0.2, 0.25) is 0 Å². The van der Waals surface area contributed by atoms with E-state index in [1.807, 2.05) is 6.92 Å². The Kier molecular flexibility index (Phi) is 5.58. The molecule has 0 aliphatic heterocycles. The second kappa shape index (κ2) is 6.71. The van der Waals surface area contributed by atoms with Crippen molar-refractivity contribution in [2.24, 2.45) is 5.73 Å². The summed E-state index contributed by atoms with van der Waals surface area (Å²) in [5.41, 5.74) is 5.35. The predicted octanol–water partition coefficient (Wildman–Crippen LogP) is 2.01. The fraction of sp³-hybridized carbons (Fsp3) is 0.833. The minimum Gasteiger partial charge on any atom is -0.382 e. The number of nitrogens with zero attached hydrogens (tertiary/aromatic N) is 2. The van der Waals surface area contributed by atoms with Gasteiger partial charge in [0, 0.05) is 13.5 Å². The number of aromatic nitrogens is 2. The molecule has 0 aliphatic rings. The molecule has 0 aromatic carbocycles. The van der Waals surface area contributed by atoms with Crippen molar-refractivity contribution in [2.75, 3.05) is 13.7 Å². The molecule has 98 valence electrons. The number of ether oxygens (including phenoxy) is 1. The third-order valence-corrected chi connectivity index (χ3v) is 2.67. The number of hydrogen-bond acceptors (Lipinski definition) is 5. The highest BCUT2D eigenvalue weighted by atomic mass is 16.5. The summed E-state index contributed by atoms with van der Waals surface area (Å²) >= 11 is 0. The average molecular weight is 241 g/mol. The molecule has 2 N–H and O–H groups in total. The third-order valence-electron chi connectivity index (χ3n) is 2.67. The highest BCUT2D eigenvalue weighted by Crippen LogP contribution is 2.15. The SMILES string of the molecule is CCCCCCc1nc(C(C)(N)COC)no1. The van der Waals surface area contributed by atoms with E-state index in [2.05, 4.69) is 17.1 Å². The van der Waals surface area contributed by atoms with Gasteiger partial charge in [0.25, 0.3) is 0 Å². The number of rotatable bonds is 8. The molecule has 0 saturated heterocycles. The summed E-state index contributed by atoms with van der Waals surface area (Å²) < 4.78 is 10.2. The smallest absolute Gasteiger partial charge is 0.226 e. The fourth-order valence-corrected chi connectivity index (χ4v) is 1.66. The molecule has 5 heteroatoms. The van der Waals surface area contributed by atoms with Gasteiger partial charge >= 0.3 is 0 Å². The van der Waals surface area contributed by atoms with Crippen LogP contribution in [0.15, 0.2) is 4.52 Å². The zero-order valence-corrected chi connectivity index (χ0v) is 11.0. The van der Waals surface area contributed by atoms with Gasteiger partial charge in [-0.1, -0.05) is 31.3 Å². The maximum Gasteiger partial charge on any atom is 0.226 e. The molecule has 0 aliphatic carbocycles. The minimum atomic E-state index is -0.681. The number of aryl methyl sites for hydroxylation is 1. The van der Waals surface area contributed by atoms with Gasteiger partial charge < -0.3 is 15.0 Å². The van der Waals surface area contributed by atoms with Crippen LogP contribution < -0.4 is 5.73 Å². The van der Waals surface area contributed by atoms with E-state index in [0.717, 1.165) is 12.8 Å². The first-order chi connectivity index (χ1) is 8.10. The van der Waals surface area contributed by atoms with Gasteiger partial charge in [0.05, 0.1) is 6.61 Å². The van der Waals surface area contributed by atoms with E-state index < -0.39 is 5.54 Å². The van der Waals surface area contributed by atoms with Crippen molar-refractivity contribution < 1.29 is 9.26 Å². The van der Waals surface area contributed by atoms with Gasteiger partial charge in [-0.05, 0) is 13.3 Å². The summed E-state index contributed by atoms with van der Waals surface area (Å²) in [5, 5.41) is 3.91. The quantitative estimate of drug-likeness (QED) is 0.705. The van der Waals surface area contributed by atoms with Crippen LogP contribution in [0.4, 0.5) is 0 Å². The lowest BCUT2D eigenvalue weighted by molar-refractivity contribution is 0.135. The number of unbranched alkanes of at least 4 members (excludes halogenated alkanes) is 3. The third kappa shape index (κ3) is 4.44. The van der Waals surface area contributed by atoms with Crippen LogP contribution in [-0.2, 0) is 16.7 Å². The summed E-state index contributed by atoms with van der Waals surface area (Å²) in [6, 6.07) is 0. The average Bonchev–Trinajstić information content (AvgIpc) is 2.74. The molecule has 0 radical (unpaired) electrons. The van der Waals surface area contributed by atoms with E-state index in [0.29, 0.717) is 18.3 Å². The summed E-state index contributed by atoms with van der Waals surface area (Å²) in [5.74, 6) is 1.19. The molecule has 17 heavy (non-hydrogen) atoms. The Labute approximate surface area is 103 Å². The van der Waals surface area contributed by atoms with Crippen LogP contribution in [0.3, 0.4) is 0 Å². The normalized spacial score (nSPS) is 14.8. The van der Waals surface area contributed by atoms with Crippen molar-refractivity contribution in [1.29, 1.82) is 0 Å². The van der Waals surface area contributed by atoms with Gasteiger partial charge in [-0.25, -0.2) is 0 Å². The molecule has 0 spiro atoms. The van der Waals surface area contributed by atoms with Crippen LogP contribution in [-0.4, -0.2) is 23.9 Å². The molecule has 0 amide bonds. The molecule has 1 aromatic heterocycles. The molecule has 1 heterocycles. The highest BCUT2D eigenvalue weighted by Gasteiger charge is 2.27. The monoisotopic (exact) mass is 241 g/mol. The molecule has 1 atom stereocenters. The van der Waals surface area contributed by atoms with Crippen molar-refractivity contribution >= 4 is 0 Å². The second-order valence-corrected chi connectivity index (χ2v) is 4.67. The van der Waals surface area contributed by atoms with Crippen molar-refractivity contribution in [3.8, 4) is 0 Å². The van der Waals surface area contributed by atoms with Crippen molar-refractivity contribution in [1.82, 2.24) is 10.1 Å². The first kappa shape index (κ1) is 14.1. The highest BCUT2D eigenvalue weighted by molar-refractivity contribution is 5.01. The van der Waals surface area contributed by atoms with Gasteiger partial charge in [0.15, 0.2) is 5.82 Å². The van der Waals surface area contributed by atoms with E-state index in [1.54, 1.807) is 7.11 Å². The number of methoxy groups -OCH3 is 1. The standard InChI is InChI=1S/C12H23N3O2/c1-4-5-6-7-8-10-14-11(15-17-10)12(2,13)9-16-3/h4-9,13H2,1-3H3. The zero-order valence-electron chi connectivity index (χ0n) is 11.0. The van der Waals surface area contributed by atoms with E-state index in [-0.39, 0.29) is 0 Å². The summed E-state index contributed by atoms with van der Waals surface area (Å²) in [6.07, 6.45) is 5.59. The first-order valence-electron chi connectivity index (χ1n) is 6.21. The molecule has 0 fully saturated rings. The minimum absolute atomic E-state index is 0.377. The molecule has 1 rings (SSSR count). The molecule has 0 bridgehead atoms. The Morgan fingerprint density at radius 1 is 1.35 bits per heavy atom. The van der Waals surface area contributed by atoms with Crippen molar-refractivity contribution in [2.45, 2.75) is 51.5 Å². The van der Waals surface area contributed by atoms with Gasteiger partial charge in [-0.3, -0.25) is 0 Å². The molecule has 5 nitrogen and oxygen atoms in total. The molecular formula is C12H23N3O2. The summed E-state index contributed by atoms with van der Waals surface area (Å²) in [7, 11) is 1.61. The Balaban J connectivity index is 2.47. The lowest BCUT2D eigenvalue weighted by Crippen LogP contribution is -2.39. The van der Waals surface area contributed by atoms with E-state index >= 15 is 0 Å². The van der Waals surface area contributed by atoms with Crippen molar-refractivity contribution in [3.05, 3.63) is 11.7 Å². The lowest BCUT2D eigenvalue weighted by atomic mass is 10.1. The predicted molar refractivity (Wildman–Crippen MR) is 65.6 cm³/mol. The molecule has 1 aromatic rings. The van der Waals surface area contributed by atoms with Gasteiger partial charge in [0.2, 0.25) is 5.89 Å². The van der Waals surface area contributed by atoms with Gasteiger partial charge in [0.1, 0.15) is 5.54 Å². The second-order valence-electron chi connectivity index (χ2n) is 4.67. The number of hydrogen-bond donors (Lipinski definition) is 1. The van der Waals surface area contributed by atoms with E-state index in [4.69, 9.17) is 15.0 Å². The topological polar surface area (TPSA) is 74.2 Å². The Bertz CT molecular complexity index is 323. The maximum atomic E-state index is 6.03. The summed E-state index contributed by atoms with van der Waals surface area (Å²) in [4.78, 5) is 4.32. The Morgan fingerprint density at radius 3 is 2.76 bits per heavy atom. The summed E-state index contributed by atoms with van der Waals surface area (Å²) in [6.45, 7) is 4.40. The fourth-order valence-electron chi connectivity index (χ4n) is 1.66. The van der Waals surface area contributed by atoms with Gasteiger partial charge in [-0.2, -0.15) is 4.98 Å². The Morgan fingerprint density at radius 2 is 2.12 bits per heavy atom. The van der Waals surface area contributed by atoms with E-state index in [1.165, 1.54) is 19.3 Å². The Hall–Kier alpha value is -0.940. The van der Waals surface area contributed by atoms with Crippen molar-refractivity contribution in [3.63, 3.8) is 0 Å². The van der Waals surface area contributed by atoms with Gasteiger partial charge in [-0.15, -0.1) is 0 Å². The van der Waals surface area contributed by atoms with Crippen LogP contribution in [0.25, 0.3) is 0 Å². The zero-order chi connectivity index (χ0) is 12.7. The first-order valence-corrected chi connectivity index (χ1v) is 6.21. The maximum absolute atomic E-state index is 6.03.